The number of halogens is 1. The van der Waals surface area contributed by atoms with Gasteiger partial charge >= 0.3 is 0 Å². The Balaban J connectivity index is 1.23. The van der Waals surface area contributed by atoms with E-state index in [1.54, 1.807) is 24.5 Å². The van der Waals surface area contributed by atoms with Crippen molar-refractivity contribution < 1.29 is 18.7 Å². The van der Waals surface area contributed by atoms with Crippen molar-refractivity contribution in [2.45, 2.75) is 51.2 Å². The largest absolute Gasteiger partial charge is 0.496 e. The van der Waals surface area contributed by atoms with Crippen LogP contribution in [0.3, 0.4) is 0 Å². The highest BCUT2D eigenvalue weighted by Crippen LogP contribution is 2.46. The Hall–Kier alpha value is -4.28. The summed E-state index contributed by atoms with van der Waals surface area (Å²) in [6.45, 7) is 3.66. The Morgan fingerprint density at radius 2 is 1.91 bits per heavy atom. The number of likely N-dealkylation sites (tertiary alicyclic amines) is 1. The zero-order valence-electron chi connectivity index (χ0n) is 25.2. The van der Waals surface area contributed by atoms with Crippen LogP contribution in [0, 0.1) is 24.6 Å². The quantitative estimate of drug-likeness (QED) is 0.227. The van der Waals surface area contributed by atoms with Gasteiger partial charge in [-0.2, -0.15) is 0 Å². The van der Waals surface area contributed by atoms with Crippen molar-refractivity contribution in [3.05, 3.63) is 71.0 Å². The van der Waals surface area contributed by atoms with E-state index < -0.39 is 11.7 Å². The van der Waals surface area contributed by atoms with Crippen molar-refractivity contribution in [2.75, 3.05) is 13.7 Å². The van der Waals surface area contributed by atoms with E-state index in [0.717, 1.165) is 63.2 Å². The molecule has 2 unspecified atom stereocenters. The third kappa shape index (κ3) is 4.53. The van der Waals surface area contributed by atoms with E-state index in [9.17, 15) is 14.0 Å². The van der Waals surface area contributed by atoms with E-state index in [2.05, 4.69) is 17.6 Å². The average molecular weight is 624 g/mol. The van der Waals surface area contributed by atoms with Gasteiger partial charge in [0.2, 0.25) is 0 Å². The molecular weight excluding hydrogens is 589 g/mol. The predicted molar refractivity (Wildman–Crippen MR) is 174 cm³/mol. The van der Waals surface area contributed by atoms with E-state index >= 15 is 0 Å². The van der Waals surface area contributed by atoms with Gasteiger partial charge in [0, 0.05) is 51.8 Å². The van der Waals surface area contributed by atoms with E-state index in [1.165, 1.54) is 25.0 Å². The highest BCUT2D eigenvalue weighted by atomic mass is 32.1. The number of carbonyl (C=O) groups is 2. The van der Waals surface area contributed by atoms with Crippen molar-refractivity contribution >= 4 is 44.3 Å². The molecule has 3 aromatic heterocycles. The summed E-state index contributed by atoms with van der Waals surface area (Å²) >= 11 is 1.66. The molecule has 1 aliphatic heterocycles. The SMILES string of the molecule is COc1cc(C(=O)N2CC3CCC2[C@@H]3N)cc2sc(-c3cc4ccc(-c5ccc(C(N)=O)c(F)c5)nc4n3CC3CC3)c(C)c12. The number of aryl methyl sites for hydroxylation is 1. The van der Waals surface area contributed by atoms with Gasteiger partial charge < -0.3 is 25.7 Å². The van der Waals surface area contributed by atoms with Crippen molar-refractivity contribution in [3.63, 3.8) is 0 Å². The van der Waals surface area contributed by atoms with Crippen LogP contribution in [-0.2, 0) is 6.54 Å². The van der Waals surface area contributed by atoms with Crippen molar-refractivity contribution in [2.24, 2.45) is 23.3 Å². The number of benzene rings is 2. The summed E-state index contributed by atoms with van der Waals surface area (Å²) in [6, 6.07) is 14.5. The molecule has 5 aromatic rings. The first kappa shape index (κ1) is 28.2. The first-order valence-electron chi connectivity index (χ1n) is 15.5. The van der Waals surface area contributed by atoms with Crippen LogP contribution < -0.4 is 16.2 Å². The minimum absolute atomic E-state index is 0.0188. The third-order valence-electron chi connectivity index (χ3n) is 10.0. The maximum absolute atomic E-state index is 14.6. The topological polar surface area (TPSA) is 116 Å². The van der Waals surface area contributed by atoms with Crippen LogP contribution in [0.4, 0.5) is 4.39 Å². The molecule has 3 aliphatic rings. The average Bonchev–Trinajstić information content (AvgIpc) is 3.44. The molecule has 2 bridgehead atoms. The monoisotopic (exact) mass is 623 g/mol. The normalized spacial score (nSPS) is 20.9. The molecule has 0 spiro atoms. The van der Waals surface area contributed by atoms with Crippen LogP contribution in [0.5, 0.6) is 5.75 Å². The number of nitrogens with two attached hydrogens (primary N) is 2. The van der Waals surface area contributed by atoms with Crippen molar-refractivity contribution in [3.8, 4) is 27.6 Å². The van der Waals surface area contributed by atoms with Gasteiger partial charge in [-0.05, 0) is 92.5 Å². The van der Waals surface area contributed by atoms with Gasteiger partial charge in [0.05, 0.1) is 28.9 Å². The molecule has 8 nitrogen and oxygen atoms in total. The number of primary amides is 1. The number of methoxy groups -OCH3 is 1. The van der Waals surface area contributed by atoms with Crippen molar-refractivity contribution in [1.29, 1.82) is 0 Å². The fourth-order valence-electron chi connectivity index (χ4n) is 7.41. The van der Waals surface area contributed by atoms with Gasteiger partial charge in [-0.25, -0.2) is 9.37 Å². The number of hydrogen-bond acceptors (Lipinski definition) is 6. The molecule has 45 heavy (non-hydrogen) atoms. The molecule has 10 heteroatoms. The predicted octanol–water partition coefficient (Wildman–Crippen LogP) is 6.11. The summed E-state index contributed by atoms with van der Waals surface area (Å²) in [7, 11) is 1.65. The Labute approximate surface area is 263 Å². The second kappa shape index (κ2) is 10.4. The first-order valence-corrected chi connectivity index (χ1v) is 16.3. The number of aromatic nitrogens is 2. The summed E-state index contributed by atoms with van der Waals surface area (Å²) in [4.78, 5) is 33.4. The number of nitrogens with zero attached hydrogens (tertiary/aromatic N) is 3. The summed E-state index contributed by atoms with van der Waals surface area (Å²) in [5, 5.41) is 2.00. The summed E-state index contributed by atoms with van der Waals surface area (Å²) in [5.74, 6) is 0.207. The van der Waals surface area contributed by atoms with Crippen molar-refractivity contribution in [1.82, 2.24) is 14.5 Å². The Kier molecular flexibility index (Phi) is 6.51. The van der Waals surface area contributed by atoms with Crippen LogP contribution >= 0.6 is 11.3 Å². The fraction of sp³-hybridized carbons (Fsp3) is 0.343. The third-order valence-corrected chi connectivity index (χ3v) is 11.3. The van der Waals surface area contributed by atoms with Crippen LogP contribution in [0.25, 0.3) is 42.9 Å². The van der Waals surface area contributed by atoms with Gasteiger partial charge in [-0.15, -0.1) is 11.3 Å². The van der Waals surface area contributed by atoms with E-state index in [1.807, 2.05) is 29.2 Å². The summed E-state index contributed by atoms with van der Waals surface area (Å²) in [5.41, 5.74) is 16.4. The lowest BCUT2D eigenvalue weighted by Gasteiger charge is -2.27. The minimum Gasteiger partial charge on any atom is -0.496 e. The highest BCUT2D eigenvalue weighted by molar-refractivity contribution is 7.22. The number of piperidine rings is 1. The Bertz CT molecular complexity index is 2050. The Morgan fingerprint density at radius 3 is 2.58 bits per heavy atom. The molecule has 3 fully saturated rings. The number of thiophene rings is 1. The molecule has 4 N–H and O–H groups in total. The first-order chi connectivity index (χ1) is 21.7. The molecule has 2 amide bonds. The lowest BCUT2D eigenvalue weighted by molar-refractivity contribution is 0.0700. The molecule has 2 saturated carbocycles. The molecule has 8 rings (SSSR count). The lowest BCUT2D eigenvalue weighted by atomic mass is 10.0. The zero-order chi connectivity index (χ0) is 31.1. The van der Waals surface area contributed by atoms with E-state index in [-0.39, 0.29) is 23.6 Å². The highest BCUT2D eigenvalue weighted by Gasteiger charge is 2.47. The van der Waals surface area contributed by atoms with Gasteiger partial charge in [-0.1, -0.05) is 6.07 Å². The number of carbonyl (C=O) groups excluding carboxylic acids is 2. The molecule has 3 atom stereocenters. The van der Waals surface area contributed by atoms with E-state index in [0.29, 0.717) is 34.4 Å². The molecule has 0 radical (unpaired) electrons. The number of hydrogen-bond donors (Lipinski definition) is 2. The molecule has 1 saturated heterocycles. The lowest BCUT2D eigenvalue weighted by Crippen LogP contribution is -2.41. The number of ether oxygens (including phenoxy) is 1. The molecule has 2 aliphatic carbocycles. The van der Waals surface area contributed by atoms with Gasteiger partial charge in [-0.3, -0.25) is 9.59 Å². The number of pyridine rings is 1. The second-order valence-electron chi connectivity index (χ2n) is 12.8. The maximum atomic E-state index is 14.6. The van der Waals surface area contributed by atoms with Crippen LogP contribution in [0.1, 0.15) is 52.0 Å². The van der Waals surface area contributed by atoms with Gasteiger partial charge in [0.1, 0.15) is 17.2 Å². The van der Waals surface area contributed by atoms with E-state index in [4.69, 9.17) is 21.2 Å². The number of rotatable bonds is 7. The smallest absolute Gasteiger partial charge is 0.254 e. The fourth-order valence-corrected chi connectivity index (χ4v) is 8.70. The van der Waals surface area contributed by atoms with Gasteiger partial charge in [0.15, 0.2) is 0 Å². The summed E-state index contributed by atoms with van der Waals surface area (Å²) in [6.07, 6.45) is 4.40. The maximum Gasteiger partial charge on any atom is 0.254 e. The zero-order valence-corrected chi connectivity index (χ0v) is 26.0. The minimum atomic E-state index is -0.801. The van der Waals surface area contributed by atoms with Crippen LogP contribution in [-0.4, -0.2) is 52.0 Å². The summed E-state index contributed by atoms with van der Waals surface area (Å²) < 4.78 is 23.8. The molecule has 2 aromatic carbocycles. The standard InChI is InChI=1S/C35H34FN5O3S/c1-17-30-28(44-2)13-22(35(43)41-16-21-7-10-26(41)31(21)37)14-29(30)45-32(17)27-12-20-6-9-25(39-34(20)40(27)15-18-3-4-18)19-5-8-23(33(38)42)24(36)11-19/h5-6,8-9,11-14,18,21,26,31H,3-4,7,10,15-16,37H2,1-2H3,(H2,38,42)/t21?,26?,31-/m1/s1. The van der Waals surface area contributed by atoms with Gasteiger partial charge in [0.25, 0.3) is 11.8 Å². The molecule has 4 heterocycles. The second-order valence-corrected chi connectivity index (χ2v) is 13.9. The number of fused-ring (bicyclic) bond motifs is 4. The Morgan fingerprint density at radius 1 is 1.09 bits per heavy atom. The van der Waals surface area contributed by atoms with Crippen LogP contribution in [0.15, 0.2) is 48.5 Å². The van der Waals surface area contributed by atoms with Crippen LogP contribution in [0.2, 0.25) is 0 Å². The number of amides is 2. The molecule has 230 valence electrons. The molecular formula is C35H34FN5O3S.